The number of hydrogen-bond donors (Lipinski definition) is 1. The number of nitrogens with zero attached hydrogens (tertiary/aromatic N) is 3. The Balaban J connectivity index is 2.57. The van der Waals surface area contributed by atoms with Gasteiger partial charge >= 0.3 is 0 Å². The van der Waals surface area contributed by atoms with E-state index >= 15 is 0 Å². The first-order valence-corrected chi connectivity index (χ1v) is 4.88. The second-order valence-corrected chi connectivity index (χ2v) is 3.03. The van der Waals surface area contributed by atoms with Crippen molar-refractivity contribution in [2.24, 2.45) is 0 Å². The lowest BCUT2D eigenvalue weighted by atomic mass is 10.3. The van der Waals surface area contributed by atoms with Gasteiger partial charge in [-0.1, -0.05) is 5.21 Å². The first kappa shape index (κ1) is 12.8. The Morgan fingerprint density at radius 3 is 2.94 bits per heavy atom. The zero-order chi connectivity index (χ0) is 11.8. The summed E-state index contributed by atoms with van der Waals surface area (Å²) in [5.41, 5.74) is 0.911. The van der Waals surface area contributed by atoms with Crippen molar-refractivity contribution in [2.75, 3.05) is 26.9 Å². The second kappa shape index (κ2) is 7.04. The van der Waals surface area contributed by atoms with Crippen LogP contribution in [0.15, 0.2) is 0 Å². The molecule has 90 valence electrons. The van der Waals surface area contributed by atoms with E-state index in [0.29, 0.717) is 25.1 Å². The molecule has 0 aliphatic rings. The van der Waals surface area contributed by atoms with Gasteiger partial charge in [0.2, 0.25) is 0 Å². The van der Waals surface area contributed by atoms with Gasteiger partial charge in [0, 0.05) is 7.11 Å². The minimum Gasteiger partial charge on any atom is -0.394 e. The highest BCUT2D eigenvalue weighted by molar-refractivity contribution is 5.73. The normalized spacial score (nSPS) is 10.6. The fraction of sp³-hybridized carbons (Fsp3) is 0.667. The van der Waals surface area contributed by atoms with E-state index in [9.17, 15) is 4.79 Å². The van der Waals surface area contributed by atoms with E-state index in [1.165, 1.54) is 7.11 Å². The van der Waals surface area contributed by atoms with Gasteiger partial charge in [0.15, 0.2) is 12.0 Å². The van der Waals surface area contributed by atoms with E-state index in [1.54, 1.807) is 4.68 Å². The highest BCUT2D eigenvalue weighted by Crippen LogP contribution is 2.04. The molecule has 0 aliphatic carbocycles. The minimum absolute atomic E-state index is 0.0120. The van der Waals surface area contributed by atoms with Crippen LogP contribution in [0.1, 0.15) is 16.2 Å². The molecule has 1 heterocycles. The monoisotopic (exact) mass is 229 g/mol. The SMILES string of the molecule is COCc1c(C=O)nnn1CCOCCO. The molecule has 0 spiro atoms. The van der Waals surface area contributed by atoms with Crippen molar-refractivity contribution in [1.82, 2.24) is 15.0 Å². The number of aldehydes is 1. The lowest BCUT2D eigenvalue weighted by Crippen LogP contribution is -2.13. The second-order valence-electron chi connectivity index (χ2n) is 3.03. The lowest BCUT2D eigenvalue weighted by Gasteiger charge is -2.06. The van der Waals surface area contributed by atoms with Crippen molar-refractivity contribution in [3.63, 3.8) is 0 Å². The summed E-state index contributed by atoms with van der Waals surface area (Å²) in [4.78, 5) is 10.7. The van der Waals surface area contributed by atoms with Crippen LogP contribution < -0.4 is 0 Å². The zero-order valence-electron chi connectivity index (χ0n) is 9.13. The maximum atomic E-state index is 10.7. The number of aliphatic hydroxyl groups is 1. The molecule has 0 saturated heterocycles. The van der Waals surface area contributed by atoms with Gasteiger partial charge in [-0.15, -0.1) is 5.10 Å². The van der Waals surface area contributed by atoms with Gasteiger partial charge in [-0.3, -0.25) is 4.79 Å². The zero-order valence-corrected chi connectivity index (χ0v) is 9.13. The number of carbonyl (C=O) groups excluding carboxylic acids is 1. The fourth-order valence-corrected chi connectivity index (χ4v) is 1.22. The fourth-order valence-electron chi connectivity index (χ4n) is 1.22. The van der Waals surface area contributed by atoms with Gasteiger partial charge in [-0.05, 0) is 0 Å². The Hall–Kier alpha value is -1.31. The highest BCUT2D eigenvalue weighted by atomic mass is 16.5. The smallest absolute Gasteiger partial charge is 0.172 e. The van der Waals surface area contributed by atoms with E-state index in [0.717, 1.165) is 0 Å². The molecule has 0 radical (unpaired) electrons. The Kier molecular flexibility index (Phi) is 5.62. The summed E-state index contributed by atoms with van der Waals surface area (Å²) in [5, 5.41) is 16.0. The van der Waals surface area contributed by atoms with Gasteiger partial charge in [-0.25, -0.2) is 4.68 Å². The Morgan fingerprint density at radius 2 is 2.31 bits per heavy atom. The Bertz CT molecular complexity index is 327. The van der Waals surface area contributed by atoms with Gasteiger partial charge in [0.05, 0.1) is 38.7 Å². The summed E-state index contributed by atoms with van der Waals surface area (Å²) < 4.78 is 11.6. The van der Waals surface area contributed by atoms with Crippen LogP contribution in [0, 0.1) is 0 Å². The average Bonchev–Trinajstić information content (AvgIpc) is 2.68. The summed E-state index contributed by atoms with van der Waals surface area (Å²) in [6.07, 6.45) is 0.645. The third kappa shape index (κ3) is 3.37. The van der Waals surface area contributed by atoms with Crippen molar-refractivity contribution in [3.8, 4) is 0 Å². The molecule has 1 aromatic heterocycles. The van der Waals surface area contributed by atoms with Crippen molar-refractivity contribution >= 4 is 6.29 Å². The number of aromatic nitrogens is 3. The van der Waals surface area contributed by atoms with E-state index in [2.05, 4.69) is 10.3 Å². The van der Waals surface area contributed by atoms with Gasteiger partial charge < -0.3 is 14.6 Å². The molecule has 0 unspecified atom stereocenters. The summed E-state index contributed by atoms with van der Waals surface area (Å²) in [7, 11) is 1.54. The highest BCUT2D eigenvalue weighted by Gasteiger charge is 2.11. The van der Waals surface area contributed by atoms with Crippen molar-refractivity contribution in [1.29, 1.82) is 0 Å². The molecule has 1 aromatic rings. The molecular weight excluding hydrogens is 214 g/mol. The maximum absolute atomic E-state index is 10.7. The first-order chi connectivity index (χ1) is 7.83. The average molecular weight is 229 g/mol. The van der Waals surface area contributed by atoms with Gasteiger partial charge in [0.1, 0.15) is 0 Å². The largest absolute Gasteiger partial charge is 0.394 e. The van der Waals surface area contributed by atoms with Crippen LogP contribution in [-0.2, 0) is 22.6 Å². The molecule has 0 fully saturated rings. The third-order valence-corrected chi connectivity index (χ3v) is 1.94. The van der Waals surface area contributed by atoms with Crippen LogP contribution in [-0.4, -0.2) is 53.3 Å². The quantitative estimate of drug-likeness (QED) is 0.466. The van der Waals surface area contributed by atoms with E-state index in [-0.39, 0.29) is 25.5 Å². The predicted molar refractivity (Wildman–Crippen MR) is 54.0 cm³/mol. The topological polar surface area (TPSA) is 86.5 Å². The molecular formula is C9H15N3O4. The molecule has 0 amide bonds. The van der Waals surface area contributed by atoms with Crippen LogP contribution in [0.2, 0.25) is 0 Å². The number of rotatable bonds is 8. The molecule has 7 heteroatoms. The minimum atomic E-state index is -0.0120. The maximum Gasteiger partial charge on any atom is 0.172 e. The van der Waals surface area contributed by atoms with Crippen molar-refractivity contribution in [3.05, 3.63) is 11.4 Å². The van der Waals surface area contributed by atoms with E-state index < -0.39 is 0 Å². The molecule has 16 heavy (non-hydrogen) atoms. The third-order valence-electron chi connectivity index (χ3n) is 1.94. The van der Waals surface area contributed by atoms with Crippen LogP contribution in [0.4, 0.5) is 0 Å². The Labute approximate surface area is 93.0 Å². The van der Waals surface area contributed by atoms with Crippen LogP contribution in [0.25, 0.3) is 0 Å². The molecule has 0 atom stereocenters. The molecule has 7 nitrogen and oxygen atoms in total. The number of aliphatic hydroxyl groups excluding tert-OH is 1. The molecule has 1 N–H and O–H groups in total. The van der Waals surface area contributed by atoms with Crippen LogP contribution in [0.5, 0.6) is 0 Å². The summed E-state index contributed by atoms with van der Waals surface area (Å²) in [5.74, 6) is 0. The molecule has 0 aromatic carbocycles. The van der Waals surface area contributed by atoms with Crippen molar-refractivity contribution < 1.29 is 19.4 Å². The number of carbonyl (C=O) groups is 1. The number of hydrogen-bond acceptors (Lipinski definition) is 6. The standard InChI is InChI=1S/C9H15N3O4/c1-15-7-9-8(6-14)10-11-12(9)2-4-16-5-3-13/h6,13H,2-5,7H2,1H3. The van der Waals surface area contributed by atoms with Crippen molar-refractivity contribution in [2.45, 2.75) is 13.2 Å². The summed E-state index contributed by atoms with van der Waals surface area (Å²) in [6, 6.07) is 0. The molecule has 0 saturated carbocycles. The summed E-state index contributed by atoms with van der Waals surface area (Å²) >= 11 is 0. The van der Waals surface area contributed by atoms with Crippen LogP contribution in [0.3, 0.4) is 0 Å². The molecule has 0 bridgehead atoms. The molecule has 1 rings (SSSR count). The van der Waals surface area contributed by atoms with Gasteiger partial charge in [-0.2, -0.15) is 0 Å². The summed E-state index contributed by atoms with van der Waals surface area (Å²) in [6.45, 7) is 1.43. The predicted octanol–water partition coefficient (Wildman–Crippen LogP) is -0.754. The Morgan fingerprint density at radius 1 is 1.50 bits per heavy atom. The van der Waals surface area contributed by atoms with Crippen LogP contribution >= 0.6 is 0 Å². The number of ether oxygens (including phenoxy) is 2. The first-order valence-electron chi connectivity index (χ1n) is 4.88. The number of methoxy groups -OCH3 is 1. The van der Waals surface area contributed by atoms with E-state index in [4.69, 9.17) is 14.6 Å². The molecule has 0 aliphatic heterocycles. The van der Waals surface area contributed by atoms with Gasteiger partial charge in [0.25, 0.3) is 0 Å². The lowest BCUT2D eigenvalue weighted by molar-refractivity contribution is 0.0833. The van der Waals surface area contributed by atoms with E-state index in [1.807, 2.05) is 0 Å².